The van der Waals surface area contributed by atoms with Crippen molar-refractivity contribution in [2.75, 3.05) is 23.9 Å². The number of nitrogens with zero attached hydrogens (tertiary/aromatic N) is 5. The monoisotopic (exact) mass is 790 g/mol. The topological polar surface area (TPSA) is 190 Å². The molecule has 2 aliphatic heterocycles. The number of carbonyl (C=O) groups excluding carboxylic acids is 2. The lowest BCUT2D eigenvalue weighted by Gasteiger charge is -2.37. The van der Waals surface area contributed by atoms with Gasteiger partial charge in [-0.2, -0.15) is 43.2 Å². The quantitative estimate of drug-likeness (QED) is 0.224. The minimum Gasteiger partial charge on any atom is -0.327 e. The first-order valence-corrected chi connectivity index (χ1v) is 18.5. The highest BCUT2D eigenvalue weighted by Gasteiger charge is 2.58. The minimum atomic E-state index is -6.85. The number of hydrogen-bond acceptors (Lipinski definition) is 11. The van der Waals surface area contributed by atoms with Gasteiger partial charge in [0.2, 0.25) is 17.4 Å². The molecule has 284 valence electrons. The third-order valence-corrected chi connectivity index (χ3v) is 12.5. The lowest BCUT2D eigenvalue weighted by Crippen LogP contribution is -2.44. The van der Waals surface area contributed by atoms with Crippen molar-refractivity contribution >= 4 is 65.2 Å². The van der Waals surface area contributed by atoms with Crippen molar-refractivity contribution in [3.05, 3.63) is 64.1 Å². The van der Waals surface area contributed by atoms with E-state index < -0.39 is 36.7 Å². The van der Waals surface area contributed by atoms with Crippen LogP contribution in [0.5, 0.6) is 0 Å². The third kappa shape index (κ3) is 5.99. The summed E-state index contributed by atoms with van der Waals surface area (Å²) in [7, 11) is -10.0. The summed E-state index contributed by atoms with van der Waals surface area (Å²) in [5, 5.41) is 1.92. The molecule has 1 N–H and O–H groups in total. The number of rotatable bonds is 2. The minimum absolute atomic E-state index is 0.142. The second-order valence-corrected chi connectivity index (χ2v) is 16.2. The van der Waals surface area contributed by atoms with Crippen molar-refractivity contribution in [1.82, 2.24) is 19.9 Å². The molecule has 0 radical (unpaired) electrons. The lowest BCUT2D eigenvalue weighted by molar-refractivity contribution is -0.126. The highest BCUT2D eigenvalue weighted by molar-refractivity contribution is 8.00. The molecular formula is C31H28F6N6O8S2. The Morgan fingerprint density at radius 3 is 1.55 bits per heavy atom. The Labute approximate surface area is 296 Å². The summed E-state index contributed by atoms with van der Waals surface area (Å²) in [5.74, 6) is 0.376. The number of likely N-dealkylation sites (N-methyl/N-ethyl adjacent to an activating group) is 2. The molecule has 2 spiro atoms. The van der Waals surface area contributed by atoms with Crippen LogP contribution in [0.25, 0.3) is 21.8 Å². The molecular weight excluding hydrogens is 762 g/mol. The number of hydrogen-bond donors (Lipinski definition) is 1. The second-order valence-electron chi connectivity index (χ2n) is 12.9. The Hall–Kier alpha value is -4.70. The molecule has 53 heavy (non-hydrogen) atoms. The van der Waals surface area contributed by atoms with E-state index in [1.54, 1.807) is 41.5 Å². The number of alkyl halides is 6. The van der Waals surface area contributed by atoms with Crippen LogP contribution in [-0.2, 0) is 44.3 Å². The van der Waals surface area contributed by atoms with Crippen molar-refractivity contribution in [2.24, 2.45) is 0 Å². The van der Waals surface area contributed by atoms with E-state index in [2.05, 4.69) is 26.0 Å². The van der Waals surface area contributed by atoms with Gasteiger partial charge in [-0.1, -0.05) is 12.8 Å². The van der Waals surface area contributed by atoms with E-state index in [-0.39, 0.29) is 22.8 Å². The Balaban J connectivity index is 0.000000138. The smallest absolute Gasteiger partial charge is 0.327 e. The zero-order chi connectivity index (χ0) is 39.1. The van der Waals surface area contributed by atoms with Gasteiger partial charge in [0.05, 0.1) is 51.8 Å². The van der Waals surface area contributed by atoms with Crippen molar-refractivity contribution in [3.8, 4) is 0 Å². The molecule has 0 bridgehead atoms. The summed E-state index contributed by atoms with van der Waals surface area (Å²) >= 11 is 0. The van der Waals surface area contributed by atoms with Crippen LogP contribution in [0.3, 0.4) is 0 Å². The SMILES string of the molecule is CN1C(=O)C2(CCC2)c2c1cnc1c[nH]c(=O)cc21.Cc1cc2c3c(cnc2cn1)N(C)C(=O)C31CCC1.O=S(=O)(OS(=O)(=O)C(F)(F)F)C(F)(F)F. The third-order valence-electron chi connectivity index (χ3n) is 9.89. The van der Waals surface area contributed by atoms with Gasteiger partial charge in [-0.05, 0) is 38.7 Å². The van der Waals surface area contributed by atoms with E-state index in [4.69, 9.17) is 0 Å². The molecule has 2 fully saturated rings. The van der Waals surface area contributed by atoms with Crippen LogP contribution in [0.4, 0.5) is 37.7 Å². The summed E-state index contributed by atoms with van der Waals surface area (Å²) in [6, 6.07) is 3.63. The molecule has 2 amide bonds. The molecule has 4 aromatic rings. The number of H-pyrrole nitrogens is 1. The molecule has 8 rings (SSSR count). The molecule has 0 aromatic carbocycles. The first-order valence-electron chi connectivity index (χ1n) is 15.7. The summed E-state index contributed by atoms with van der Waals surface area (Å²) in [6.45, 7) is 1.98. The summed E-state index contributed by atoms with van der Waals surface area (Å²) in [4.78, 5) is 55.8. The van der Waals surface area contributed by atoms with E-state index in [1.165, 1.54) is 5.56 Å². The van der Waals surface area contributed by atoms with Crippen molar-refractivity contribution in [2.45, 2.75) is 67.3 Å². The van der Waals surface area contributed by atoms with E-state index in [0.717, 1.165) is 83.0 Å². The first kappa shape index (κ1) is 38.0. The molecule has 4 aromatic heterocycles. The standard InChI is InChI=1S/C15H15N3O.C14H13N3O2.C2F6O5S2/c1-9-6-10-11(7-16-9)17-8-12-13(10)15(4-3-5-15)14(19)18(12)2;1-17-10-7-15-9-6-16-11(18)5-8(9)12(10)14(13(17)19)3-2-4-14;3-1(4,5)14(9,10)13-15(11,12)2(6,7)8/h6-8H,3-5H2,1-2H3;5-7H,2-4H2,1H3,(H,16,18);. The highest BCUT2D eigenvalue weighted by atomic mass is 32.3. The predicted octanol–water partition coefficient (Wildman–Crippen LogP) is 4.36. The number of carbonyl (C=O) groups is 2. The van der Waals surface area contributed by atoms with Crippen molar-refractivity contribution in [1.29, 1.82) is 0 Å². The lowest BCUT2D eigenvalue weighted by atomic mass is 9.64. The fraction of sp³-hybridized carbons (Fsp3) is 0.419. The van der Waals surface area contributed by atoms with E-state index >= 15 is 0 Å². The zero-order valence-corrected chi connectivity index (χ0v) is 29.4. The molecule has 2 saturated carbocycles. The van der Waals surface area contributed by atoms with Gasteiger partial charge in [0, 0.05) is 54.0 Å². The fourth-order valence-corrected chi connectivity index (χ4v) is 8.63. The predicted molar refractivity (Wildman–Crippen MR) is 176 cm³/mol. The van der Waals surface area contributed by atoms with E-state index in [9.17, 15) is 57.6 Å². The number of aryl methyl sites for hydroxylation is 1. The molecule has 0 atom stereocenters. The average molecular weight is 791 g/mol. The van der Waals surface area contributed by atoms with Crippen LogP contribution in [0.1, 0.15) is 55.3 Å². The summed E-state index contributed by atoms with van der Waals surface area (Å²) in [5.41, 5.74) is -6.74. The van der Waals surface area contributed by atoms with Gasteiger partial charge in [-0.25, -0.2) is 0 Å². The molecule has 4 aliphatic rings. The van der Waals surface area contributed by atoms with Gasteiger partial charge in [-0.3, -0.25) is 29.3 Å². The first-order chi connectivity index (χ1) is 24.5. The number of nitrogens with one attached hydrogen (secondary N) is 1. The number of aromatic nitrogens is 4. The maximum Gasteiger partial charge on any atom is 0.524 e. The average Bonchev–Trinajstić information content (AvgIpc) is 3.40. The normalized spacial score (nSPS) is 18.6. The number of anilines is 2. The van der Waals surface area contributed by atoms with Gasteiger partial charge < -0.3 is 14.8 Å². The summed E-state index contributed by atoms with van der Waals surface area (Å²) in [6.07, 6.45) is 12.8. The van der Waals surface area contributed by atoms with E-state index in [0.29, 0.717) is 0 Å². The van der Waals surface area contributed by atoms with Crippen molar-refractivity contribution in [3.63, 3.8) is 0 Å². The zero-order valence-electron chi connectivity index (χ0n) is 27.8. The molecule has 14 nitrogen and oxygen atoms in total. The van der Waals surface area contributed by atoms with Crippen LogP contribution in [0, 0.1) is 6.92 Å². The number of amides is 2. The van der Waals surface area contributed by atoms with Gasteiger partial charge >= 0.3 is 31.3 Å². The number of aromatic amines is 1. The van der Waals surface area contributed by atoms with Crippen molar-refractivity contribution < 1.29 is 56.4 Å². The van der Waals surface area contributed by atoms with Crippen LogP contribution in [0.2, 0.25) is 0 Å². The Bertz CT molecular complexity index is 2440. The van der Waals surface area contributed by atoms with Crippen LogP contribution < -0.4 is 15.4 Å². The summed E-state index contributed by atoms with van der Waals surface area (Å²) < 4.78 is 110. The highest BCUT2D eigenvalue weighted by Crippen LogP contribution is 2.56. The molecule has 22 heteroatoms. The van der Waals surface area contributed by atoms with Crippen LogP contribution in [-0.4, -0.2) is 73.7 Å². The van der Waals surface area contributed by atoms with Gasteiger partial charge in [-0.15, -0.1) is 3.63 Å². The van der Waals surface area contributed by atoms with Gasteiger partial charge in [0.25, 0.3) is 0 Å². The second kappa shape index (κ2) is 12.4. The Morgan fingerprint density at radius 2 is 1.13 bits per heavy atom. The molecule has 0 unspecified atom stereocenters. The number of halogens is 6. The maximum absolute atomic E-state index is 12.6. The largest absolute Gasteiger partial charge is 0.524 e. The van der Waals surface area contributed by atoms with E-state index in [1.807, 2.05) is 23.8 Å². The maximum atomic E-state index is 12.6. The van der Waals surface area contributed by atoms with Crippen LogP contribution >= 0.6 is 0 Å². The van der Waals surface area contributed by atoms with Crippen LogP contribution in [0.15, 0.2) is 41.7 Å². The Morgan fingerprint density at radius 1 is 0.698 bits per heavy atom. The number of fused-ring (bicyclic) bond motifs is 8. The molecule has 2 aliphatic carbocycles. The van der Waals surface area contributed by atoms with Gasteiger partial charge in [0.15, 0.2) is 0 Å². The Kier molecular flexibility index (Phi) is 8.92. The fourth-order valence-electron chi connectivity index (χ4n) is 7.07. The molecule has 0 saturated heterocycles. The molecule has 6 heterocycles. The van der Waals surface area contributed by atoms with Gasteiger partial charge in [0.1, 0.15) is 0 Å². The number of pyridine rings is 4.